The highest BCUT2D eigenvalue weighted by atomic mass is 35.5. The van der Waals surface area contributed by atoms with E-state index in [4.69, 9.17) is 11.6 Å². The number of rotatable bonds is 5. The van der Waals surface area contributed by atoms with Crippen LogP contribution in [-0.4, -0.2) is 21.2 Å². The predicted octanol–water partition coefficient (Wildman–Crippen LogP) is 6.13. The summed E-state index contributed by atoms with van der Waals surface area (Å²) in [6.07, 6.45) is 7.52. The largest absolute Gasteiger partial charge is 0.363 e. The third kappa shape index (κ3) is 3.57. The van der Waals surface area contributed by atoms with Crippen LogP contribution in [0.5, 0.6) is 0 Å². The summed E-state index contributed by atoms with van der Waals surface area (Å²) >= 11 is 7.69. The SMILES string of the molecule is CSNc1cc(-c2ccc3ncnc(NC4CCc5ccccc54)c3c2)cnc1Cl. The summed E-state index contributed by atoms with van der Waals surface area (Å²) in [4.78, 5) is 13.3. The first-order valence-corrected chi connectivity index (χ1v) is 11.4. The number of anilines is 2. The molecule has 1 atom stereocenters. The molecule has 0 saturated carbocycles. The fourth-order valence-electron chi connectivity index (χ4n) is 4.01. The second-order valence-electron chi connectivity index (χ2n) is 7.26. The lowest BCUT2D eigenvalue weighted by molar-refractivity contribution is 0.758. The molecule has 150 valence electrons. The number of halogens is 1. The van der Waals surface area contributed by atoms with E-state index >= 15 is 0 Å². The van der Waals surface area contributed by atoms with Crippen molar-refractivity contribution in [2.24, 2.45) is 0 Å². The predicted molar refractivity (Wildman–Crippen MR) is 126 cm³/mol. The van der Waals surface area contributed by atoms with E-state index in [9.17, 15) is 0 Å². The Morgan fingerprint density at radius 1 is 1.03 bits per heavy atom. The van der Waals surface area contributed by atoms with Gasteiger partial charge in [-0.05, 0) is 47.7 Å². The molecule has 0 aliphatic heterocycles. The zero-order chi connectivity index (χ0) is 20.5. The topological polar surface area (TPSA) is 62.7 Å². The molecule has 2 aromatic heterocycles. The standard InChI is InChI=1S/C23H20ClN5S/c1-30-29-21-11-16(12-25-22(21)24)15-7-8-19-18(10-15)23(27-13-26-19)28-20-9-6-14-4-2-3-5-17(14)20/h2-5,7-8,10-13,20,29H,6,9H2,1H3,(H,26,27,28). The smallest absolute Gasteiger partial charge is 0.152 e. The maximum atomic E-state index is 6.20. The molecule has 2 aromatic carbocycles. The molecule has 1 aliphatic rings. The molecule has 2 N–H and O–H groups in total. The third-order valence-corrected chi connectivity index (χ3v) is 6.19. The Balaban J connectivity index is 1.53. The molecule has 4 aromatic rings. The van der Waals surface area contributed by atoms with Crippen LogP contribution in [0.15, 0.2) is 61.1 Å². The van der Waals surface area contributed by atoms with Gasteiger partial charge in [-0.3, -0.25) is 0 Å². The molecule has 7 heteroatoms. The van der Waals surface area contributed by atoms with E-state index in [0.717, 1.165) is 46.4 Å². The highest BCUT2D eigenvalue weighted by Gasteiger charge is 2.22. The maximum absolute atomic E-state index is 6.20. The van der Waals surface area contributed by atoms with Crippen molar-refractivity contribution in [1.29, 1.82) is 0 Å². The molecule has 0 amide bonds. The highest BCUT2D eigenvalue weighted by molar-refractivity contribution is 7.99. The summed E-state index contributed by atoms with van der Waals surface area (Å²) in [5.41, 5.74) is 6.50. The van der Waals surface area contributed by atoms with Crippen LogP contribution in [0.3, 0.4) is 0 Å². The quantitative estimate of drug-likeness (QED) is 0.291. The van der Waals surface area contributed by atoms with Crippen LogP contribution in [0, 0.1) is 0 Å². The molecule has 1 aliphatic carbocycles. The molecule has 1 unspecified atom stereocenters. The van der Waals surface area contributed by atoms with Crippen molar-refractivity contribution in [2.45, 2.75) is 18.9 Å². The van der Waals surface area contributed by atoms with Gasteiger partial charge in [-0.2, -0.15) is 0 Å². The Morgan fingerprint density at radius 2 is 1.93 bits per heavy atom. The summed E-state index contributed by atoms with van der Waals surface area (Å²) in [5, 5.41) is 5.11. The van der Waals surface area contributed by atoms with E-state index in [-0.39, 0.29) is 6.04 Å². The number of benzene rings is 2. The van der Waals surface area contributed by atoms with Gasteiger partial charge >= 0.3 is 0 Å². The lowest BCUT2D eigenvalue weighted by Crippen LogP contribution is -2.09. The van der Waals surface area contributed by atoms with E-state index in [1.165, 1.54) is 23.1 Å². The van der Waals surface area contributed by atoms with Crippen LogP contribution in [0.4, 0.5) is 11.5 Å². The van der Waals surface area contributed by atoms with E-state index in [2.05, 4.69) is 61.4 Å². The Morgan fingerprint density at radius 3 is 2.83 bits per heavy atom. The lowest BCUT2D eigenvalue weighted by atomic mass is 10.0. The highest BCUT2D eigenvalue weighted by Crippen LogP contribution is 2.36. The first-order valence-electron chi connectivity index (χ1n) is 9.77. The number of aromatic nitrogens is 3. The van der Waals surface area contributed by atoms with Crippen molar-refractivity contribution in [2.75, 3.05) is 16.3 Å². The Bertz CT molecular complexity index is 1230. The summed E-state index contributed by atoms with van der Waals surface area (Å²) in [6.45, 7) is 0. The zero-order valence-corrected chi connectivity index (χ0v) is 18.0. The van der Waals surface area contributed by atoms with Gasteiger partial charge in [0.1, 0.15) is 12.1 Å². The maximum Gasteiger partial charge on any atom is 0.152 e. The molecule has 0 fully saturated rings. The molecular formula is C23H20ClN5S. The minimum absolute atomic E-state index is 0.262. The molecule has 0 bridgehead atoms. The Kier molecular flexibility index (Phi) is 5.19. The monoisotopic (exact) mass is 433 g/mol. The Hall–Kier alpha value is -2.83. The molecule has 0 radical (unpaired) electrons. The fourth-order valence-corrected chi connectivity index (χ4v) is 4.59. The number of nitrogens with zero attached hydrogens (tertiary/aromatic N) is 3. The normalized spacial score (nSPS) is 15.2. The van der Waals surface area contributed by atoms with E-state index in [1.54, 1.807) is 12.5 Å². The van der Waals surface area contributed by atoms with E-state index in [1.807, 2.05) is 18.4 Å². The molecule has 5 nitrogen and oxygen atoms in total. The summed E-state index contributed by atoms with van der Waals surface area (Å²) in [7, 11) is 0. The van der Waals surface area contributed by atoms with E-state index < -0.39 is 0 Å². The van der Waals surface area contributed by atoms with Gasteiger partial charge in [-0.25, -0.2) is 15.0 Å². The van der Waals surface area contributed by atoms with Crippen molar-refractivity contribution in [3.63, 3.8) is 0 Å². The van der Waals surface area contributed by atoms with Gasteiger partial charge < -0.3 is 10.0 Å². The van der Waals surface area contributed by atoms with Crippen molar-refractivity contribution < 1.29 is 0 Å². The van der Waals surface area contributed by atoms with Crippen LogP contribution in [0.2, 0.25) is 5.15 Å². The molecular weight excluding hydrogens is 414 g/mol. The first kappa shape index (κ1) is 19.2. The molecule has 2 heterocycles. The number of aryl methyl sites for hydroxylation is 1. The number of pyridine rings is 1. The first-order chi connectivity index (χ1) is 14.7. The van der Waals surface area contributed by atoms with Gasteiger partial charge in [0.2, 0.25) is 0 Å². The van der Waals surface area contributed by atoms with Crippen LogP contribution in [0.25, 0.3) is 22.0 Å². The van der Waals surface area contributed by atoms with Crippen molar-refractivity contribution in [3.05, 3.63) is 77.3 Å². The number of hydrogen-bond acceptors (Lipinski definition) is 6. The number of nitrogens with one attached hydrogen (secondary N) is 2. The van der Waals surface area contributed by atoms with Crippen LogP contribution >= 0.6 is 23.5 Å². The van der Waals surface area contributed by atoms with Crippen LogP contribution in [0.1, 0.15) is 23.6 Å². The number of hydrogen-bond donors (Lipinski definition) is 2. The minimum atomic E-state index is 0.262. The molecule has 0 spiro atoms. The van der Waals surface area contributed by atoms with Crippen molar-refractivity contribution in [3.8, 4) is 11.1 Å². The number of fused-ring (bicyclic) bond motifs is 2. The average Bonchev–Trinajstić information content (AvgIpc) is 3.18. The second-order valence-corrected chi connectivity index (χ2v) is 8.23. The third-order valence-electron chi connectivity index (χ3n) is 5.46. The van der Waals surface area contributed by atoms with Crippen molar-refractivity contribution in [1.82, 2.24) is 15.0 Å². The molecule has 0 saturated heterocycles. The van der Waals surface area contributed by atoms with Gasteiger partial charge in [0, 0.05) is 23.4 Å². The zero-order valence-electron chi connectivity index (χ0n) is 16.4. The van der Waals surface area contributed by atoms with E-state index in [0.29, 0.717) is 5.15 Å². The molecule has 5 rings (SSSR count). The van der Waals surface area contributed by atoms with Crippen LogP contribution in [-0.2, 0) is 6.42 Å². The summed E-state index contributed by atoms with van der Waals surface area (Å²) in [5.74, 6) is 0.855. The summed E-state index contributed by atoms with van der Waals surface area (Å²) < 4.78 is 3.18. The van der Waals surface area contributed by atoms with Crippen molar-refractivity contribution >= 4 is 46.0 Å². The molecule has 30 heavy (non-hydrogen) atoms. The van der Waals surface area contributed by atoms with Gasteiger partial charge in [-0.1, -0.05) is 53.9 Å². The average molecular weight is 434 g/mol. The Labute approximate surface area is 184 Å². The fraction of sp³-hybridized carbons (Fsp3) is 0.174. The summed E-state index contributed by atoms with van der Waals surface area (Å²) in [6, 6.07) is 17.1. The minimum Gasteiger partial charge on any atom is -0.363 e. The van der Waals surface area contributed by atoms with Gasteiger partial charge in [0.05, 0.1) is 17.2 Å². The van der Waals surface area contributed by atoms with Gasteiger partial charge in [0.25, 0.3) is 0 Å². The lowest BCUT2D eigenvalue weighted by Gasteiger charge is -2.16. The van der Waals surface area contributed by atoms with Gasteiger partial charge in [-0.15, -0.1) is 0 Å². The van der Waals surface area contributed by atoms with Gasteiger partial charge in [0.15, 0.2) is 5.15 Å². The van der Waals surface area contributed by atoms with Crippen LogP contribution < -0.4 is 10.0 Å². The second kappa shape index (κ2) is 8.13.